The quantitative estimate of drug-likeness (QED) is 0.329. The lowest BCUT2D eigenvalue weighted by Gasteiger charge is -2.18. The van der Waals surface area contributed by atoms with Gasteiger partial charge >= 0.3 is 12.0 Å². The molecule has 0 bridgehead atoms. The molecule has 0 heterocycles. The molecule has 0 aliphatic rings. The van der Waals surface area contributed by atoms with Crippen molar-refractivity contribution in [1.82, 2.24) is 4.90 Å². The topological polar surface area (TPSA) is 91.2 Å². The van der Waals surface area contributed by atoms with Gasteiger partial charge in [-0.25, -0.2) is 4.79 Å². The van der Waals surface area contributed by atoms with E-state index in [-0.39, 0.29) is 13.2 Å². The van der Waals surface area contributed by atoms with E-state index in [9.17, 15) is 9.59 Å². The normalized spacial score (nSPS) is 11.3. The number of carbonyl (C=O) groups excluding carboxylic acids is 2. The van der Waals surface area contributed by atoms with E-state index in [1.165, 1.54) is 4.90 Å². The smallest absolute Gasteiger partial charge is 0.326 e. The second kappa shape index (κ2) is 10.5. The van der Waals surface area contributed by atoms with Crippen LogP contribution < -0.4 is 5.32 Å². The van der Waals surface area contributed by atoms with Gasteiger partial charge in [-0.3, -0.25) is 9.69 Å². The highest BCUT2D eigenvalue weighted by molar-refractivity contribution is 5.99. The molecule has 0 saturated heterocycles. The number of hydrogen-bond donors (Lipinski definition) is 2. The van der Waals surface area contributed by atoms with Crippen LogP contribution in [0.25, 0.3) is 6.08 Å². The van der Waals surface area contributed by atoms with Crippen LogP contribution in [0.15, 0.2) is 66.0 Å². The van der Waals surface area contributed by atoms with Crippen LogP contribution in [0.1, 0.15) is 25.0 Å². The number of rotatable bonds is 7. The number of benzene rings is 2. The molecule has 0 radical (unpaired) electrons. The van der Waals surface area contributed by atoms with Crippen molar-refractivity contribution in [3.63, 3.8) is 0 Å². The Labute approximate surface area is 163 Å². The second-order valence-corrected chi connectivity index (χ2v) is 5.85. The fraction of sp³-hybridized carbons (Fsp3) is 0.190. The Hall–Kier alpha value is -3.61. The van der Waals surface area contributed by atoms with Gasteiger partial charge < -0.3 is 15.3 Å². The largest absolute Gasteiger partial charge is 0.465 e. The van der Waals surface area contributed by atoms with E-state index in [1.807, 2.05) is 30.3 Å². The van der Waals surface area contributed by atoms with Gasteiger partial charge in [0.25, 0.3) is 0 Å². The molecule has 146 valence electrons. The van der Waals surface area contributed by atoms with Gasteiger partial charge in [-0.2, -0.15) is 0 Å². The number of anilines is 1. The molecule has 2 N–H and O–H groups in total. The predicted molar refractivity (Wildman–Crippen MR) is 108 cm³/mol. The molecule has 0 fully saturated rings. The Morgan fingerprint density at radius 1 is 1.14 bits per heavy atom. The van der Waals surface area contributed by atoms with E-state index in [4.69, 9.17) is 9.94 Å². The molecule has 2 amide bonds. The number of hydrogen-bond acceptors (Lipinski definition) is 5. The highest BCUT2D eigenvalue weighted by atomic mass is 16.5. The third-order valence-electron chi connectivity index (χ3n) is 3.82. The summed E-state index contributed by atoms with van der Waals surface area (Å²) in [4.78, 5) is 25.7. The standard InChI is InChI=1S/C21H23N3O4/c1-3-28-20(25)15-24(14-13-17-7-5-4-6-8-17)21(26)22-19-11-9-18(10-12-19)16(2)23-27/h4-14,27H,3,15H2,1-2H3,(H,22,26). The van der Waals surface area contributed by atoms with Gasteiger partial charge in [-0.15, -0.1) is 0 Å². The Morgan fingerprint density at radius 3 is 2.43 bits per heavy atom. The van der Waals surface area contributed by atoms with Crippen molar-refractivity contribution in [2.75, 3.05) is 18.5 Å². The van der Waals surface area contributed by atoms with Crippen molar-refractivity contribution in [3.05, 3.63) is 71.9 Å². The molecule has 0 atom stereocenters. The zero-order valence-electron chi connectivity index (χ0n) is 15.8. The lowest BCUT2D eigenvalue weighted by molar-refractivity contribution is -0.143. The average Bonchev–Trinajstić information content (AvgIpc) is 2.72. The minimum atomic E-state index is -0.500. The number of amides is 2. The van der Waals surface area contributed by atoms with E-state index in [0.717, 1.165) is 11.1 Å². The molecular formula is C21H23N3O4. The summed E-state index contributed by atoms with van der Waals surface area (Å²) in [5.74, 6) is -0.500. The summed E-state index contributed by atoms with van der Waals surface area (Å²) < 4.78 is 4.95. The highest BCUT2D eigenvalue weighted by Crippen LogP contribution is 2.12. The molecule has 0 aliphatic heterocycles. The zero-order chi connectivity index (χ0) is 20.4. The van der Waals surface area contributed by atoms with E-state index in [1.54, 1.807) is 50.4 Å². The summed E-state index contributed by atoms with van der Waals surface area (Å²) in [6.07, 6.45) is 3.28. The van der Waals surface area contributed by atoms with Crippen LogP contribution in [0.2, 0.25) is 0 Å². The van der Waals surface area contributed by atoms with E-state index >= 15 is 0 Å². The van der Waals surface area contributed by atoms with Gasteiger partial charge in [0, 0.05) is 11.9 Å². The van der Waals surface area contributed by atoms with Crippen LogP contribution >= 0.6 is 0 Å². The van der Waals surface area contributed by atoms with Gasteiger partial charge in [0.15, 0.2) is 0 Å². The molecular weight excluding hydrogens is 358 g/mol. The fourth-order valence-corrected chi connectivity index (χ4v) is 2.33. The number of esters is 1. The molecule has 0 spiro atoms. The van der Waals surface area contributed by atoms with Gasteiger partial charge in [0.05, 0.1) is 12.3 Å². The molecule has 0 saturated carbocycles. The third-order valence-corrected chi connectivity index (χ3v) is 3.82. The number of urea groups is 1. The first kappa shape index (κ1) is 20.7. The first-order valence-corrected chi connectivity index (χ1v) is 8.79. The number of carbonyl (C=O) groups is 2. The molecule has 7 nitrogen and oxygen atoms in total. The van der Waals surface area contributed by atoms with Gasteiger partial charge in [0.1, 0.15) is 6.54 Å². The number of oxime groups is 1. The maximum Gasteiger partial charge on any atom is 0.326 e. The Bertz CT molecular complexity index is 846. The second-order valence-electron chi connectivity index (χ2n) is 5.85. The third kappa shape index (κ3) is 6.28. The van der Waals surface area contributed by atoms with Gasteiger partial charge in [-0.05, 0) is 43.2 Å². The summed E-state index contributed by atoms with van der Waals surface area (Å²) in [6, 6.07) is 15.8. The summed E-state index contributed by atoms with van der Waals surface area (Å²) in [7, 11) is 0. The van der Waals surface area contributed by atoms with Gasteiger partial charge in [0.2, 0.25) is 0 Å². The maximum atomic E-state index is 12.6. The van der Waals surface area contributed by atoms with Crippen molar-refractivity contribution < 1.29 is 19.5 Å². The minimum absolute atomic E-state index is 0.211. The lowest BCUT2D eigenvalue weighted by atomic mass is 10.1. The summed E-state index contributed by atoms with van der Waals surface area (Å²) in [6.45, 7) is 3.41. The average molecular weight is 381 g/mol. The highest BCUT2D eigenvalue weighted by Gasteiger charge is 2.16. The Balaban J connectivity index is 2.13. The van der Waals surface area contributed by atoms with Gasteiger partial charge in [-0.1, -0.05) is 47.6 Å². The molecule has 0 unspecified atom stereocenters. The molecule has 7 heteroatoms. The lowest BCUT2D eigenvalue weighted by Crippen LogP contribution is -2.35. The molecule has 28 heavy (non-hydrogen) atoms. The van der Waals surface area contributed by atoms with Crippen molar-refractivity contribution in [2.45, 2.75) is 13.8 Å². The SMILES string of the molecule is CCOC(=O)CN(C=Cc1ccccc1)C(=O)Nc1ccc(C(C)=NO)cc1. The van der Waals surface area contributed by atoms with Crippen molar-refractivity contribution >= 4 is 29.5 Å². The molecule has 0 aliphatic carbocycles. The monoisotopic (exact) mass is 381 g/mol. The van der Waals surface area contributed by atoms with Crippen molar-refractivity contribution in [3.8, 4) is 0 Å². The number of nitrogens with one attached hydrogen (secondary N) is 1. The first-order chi connectivity index (χ1) is 13.5. The van der Waals surface area contributed by atoms with Crippen LogP contribution in [0.3, 0.4) is 0 Å². The predicted octanol–water partition coefficient (Wildman–Crippen LogP) is 3.95. The molecule has 2 aromatic rings. The van der Waals surface area contributed by atoms with E-state index < -0.39 is 12.0 Å². The van der Waals surface area contributed by atoms with Crippen LogP contribution in [-0.4, -0.2) is 41.0 Å². The van der Waals surface area contributed by atoms with Crippen molar-refractivity contribution in [2.24, 2.45) is 5.16 Å². The molecule has 0 aromatic heterocycles. The van der Waals surface area contributed by atoms with Crippen LogP contribution in [0.4, 0.5) is 10.5 Å². The molecule has 2 rings (SSSR count). The summed E-state index contributed by atoms with van der Waals surface area (Å²) in [5, 5.41) is 14.7. The zero-order valence-corrected chi connectivity index (χ0v) is 15.8. The number of ether oxygens (including phenoxy) is 1. The van der Waals surface area contributed by atoms with Crippen LogP contribution in [-0.2, 0) is 9.53 Å². The van der Waals surface area contributed by atoms with Crippen LogP contribution in [0.5, 0.6) is 0 Å². The minimum Gasteiger partial charge on any atom is -0.465 e. The summed E-state index contributed by atoms with van der Waals surface area (Å²) >= 11 is 0. The van der Waals surface area contributed by atoms with Crippen molar-refractivity contribution in [1.29, 1.82) is 0 Å². The maximum absolute atomic E-state index is 12.6. The first-order valence-electron chi connectivity index (χ1n) is 8.79. The van der Waals surface area contributed by atoms with E-state index in [2.05, 4.69) is 10.5 Å². The number of nitrogens with zero attached hydrogens (tertiary/aromatic N) is 2. The summed E-state index contributed by atoms with van der Waals surface area (Å²) in [5.41, 5.74) is 2.63. The molecule has 2 aromatic carbocycles. The fourth-order valence-electron chi connectivity index (χ4n) is 2.33. The van der Waals surface area contributed by atoms with E-state index in [0.29, 0.717) is 11.4 Å². The van der Waals surface area contributed by atoms with Crippen LogP contribution in [0, 0.1) is 0 Å². The Kier molecular flexibility index (Phi) is 7.77. The Morgan fingerprint density at radius 2 is 1.82 bits per heavy atom.